The maximum absolute atomic E-state index is 13.8. The summed E-state index contributed by atoms with van der Waals surface area (Å²) >= 11 is 0. The Hall–Kier alpha value is -4.38. The van der Waals surface area contributed by atoms with Crippen LogP contribution in [-0.2, 0) is 30.2 Å². The second-order valence-electron chi connectivity index (χ2n) is 11.8. The van der Waals surface area contributed by atoms with Gasteiger partial charge < -0.3 is 34.3 Å². The van der Waals surface area contributed by atoms with E-state index < -0.39 is 35.8 Å². The lowest BCUT2D eigenvalue weighted by atomic mass is 10.0. The lowest BCUT2D eigenvalue weighted by molar-refractivity contribution is -0.168. The summed E-state index contributed by atoms with van der Waals surface area (Å²) in [4.78, 5) is 58.2. The van der Waals surface area contributed by atoms with Gasteiger partial charge in [0.1, 0.15) is 11.7 Å². The molecule has 1 aromatic heterocycles. The SMILES string of the molecule is CCOC(=O)c1ccc(NC(=O)CC2OC3CN(C(=O)OC(C)(C)C)CC3N(CCc3c[nH]c4ccccc34)C2=O)cc1. The summed E-state index contributed by atoms with van der Waals surface area (Å²) in [7, 11) is 0. The molecule has 11 nitrogen and oxygen atoms in total. The molecule has 2 aliphatic rings. The van der Waals surface area contributed by atoms with Gasteiger partial charge in [0.25, 0.3) is 5.91 Å². The Labute approximate surface area is 250 Å². The molecular formula is C32H38N4O7. The zero-order chi connectivity index (χ0) is 30.7. The molecule has 5 rings (SSSR count). The van der Waals surface area contributed by atoms with Crippen molar-refractivity contribution in [3.05, 3.63) is 65.9 Å². The summed E-state index contributed by atoms with van der Waals surface area (Å²) < 4.78 is 16.8. The summed E-state index contributed by atoms with van der Waals surface area (Å²) in [5, 5.41) is 3.87. The highest BCUT2D eigenvalue weighted by atomic mass is 16.6. The van der Waals surface area contributed by atoms with Crippen LogP contribution in [0.1, 0.15) is 50.0 Å². The zero-order valence-electron chi connectivity index (χ0n) is 24.9. The third-order valence-electron chi connectivity index (χ3n) is 7.53. The monoisotopic (exact) mass is 590 g/mol. The topological polar surface area (TPSA) is 130 Å². The number of nitrogens with one attached hydrogen (secondary N) is 2. The molecule has 3 atom stereocenters. The van der Waals surface area contributed by atoms with E-state index in [1.54, 1.807) is 61.8 Å². The van der Waals surface area contributed by atoms with Gasteiger partial charge in [-0.25, -0.2) is 9.59 Å². The van der Waals surface area contributed by atoms with E-state index in [1.165, 1.54) is 0 Å². The fourth-order valence-corrected chi connectivity index (χ4v) is 5.56. The van der Waals surface area contributed by atoms with Crippen LogP contribution in [-0.4, -0.2) is 88.8 Å². The Morgan fingerprint density at radius 3 is 2.53 bits per heavy atom. The normalized spacial score (nSPS) is 20.2. The predicted octanol–water partition coefficient (Wildman–Crippen LogP) is 4.13. The number of likely N-dealkylation sites (tertiary alicyclic amines) is 1. The first kappa shape index (κ1) is 30.1. The standard InChI is InChI=1S/C32H38N4O7/c1-5-41-30(39)20-10-12-22(13-11-20)34-28(37)16-26-29(38)36(15-14-21-17-33-24-9-7-6-8-23(21)24)25-18-35(19-27(25)42-26)31(40)43-32(2,3)4/h6-13,17,25-27,33H,5,14-16,18-19H2,1-4H3,(H,34,37). The van der Waals surface area contributed by atoms with Gasteiger partial charge in [-0.2, -0.15) is 0 Å². The average molecular weight is 591 g/mol. The zero-order valence-corrected chi connectivity index (χ0v) is 24.9. The summed E-state index contributed by atoms with van der Waals surface area (Å²) in [5.41, 5.74) is 2.29. The van der Waals surface area contributed by atoms with E-state index in [2.05, 4.69) is 10.3 Å². The molecule has 11 heteroatoms. The number of amides is 3. The van der Waals surface area contributed by atoms with E-state index in [4.69, 9.17) is 14.2 Å². The fourth-order valence-electron chi connectivity index (χ4n) is 5.56. The predicted molar refractivity (Wildman–Crippen MR) is 160 cm³/mol. The first-order chi connectivity index (χ1) is 20.5. The minimum absolute atomic E-state index is 0.197. The Morgan fingerprint density at radius 2 is 1.81 bits per heavy atom. The summed E-state index contributed by atoms with van der Waals surface area (Å²) in [6.07, 6.45) is 0.411. The number of hydrogen-bond donors (Lipinski definition) is 2. The molecule has 228 valence electrons. The Kier molecular flexibility index (Phi) is 8.72. The van der Waals surface area contributed by atoms with Crippen molar-refractivity contribution in [2.45, 2.75) is 64.4 Å². The number of anilines is 1. The molecule has 0 bridgehead atoms. The van der Waals surface area contributed by atoms with Gasteiger partial charge in [-0.3, -0.25) is 9.59 Å². The number of carbonyl (C=O) groups excluding carboxylic acids is 4. The van der Waals surface area contributed by atoms with E-state index in [1.807, 2.05) is 30.5 Å². The first-order valence-corrected chi connectivity index (χ1v) is 14.6. The minimum atomic E-state index is -1.01. The molecule has 2 aliphatic heterocycles. The molecule has 0 radical (unpaired) electrons. The van der Waals surface area contributed by atoms with Crippen LogP contribution in [0.25, 0.3) is 10.9 Å². The van der Waals surface area contributed by atoms with Crippen LogP contribution < -0.4 is 5.32 Å². The van der Waals surface area contributed by atoms with Crippen LogP contribution >= 0.6 is 0 Å². The lowest BCUT2D eigenvalue weighted by Crippen LogP contribution is -2.59. The molecule has 3 aromatic rings. The van der Waals surface area contributed by atoms with Crippen molar-refractivity contribution < 1.29 is 33.4 Å². The number of esters is 1. The molecule has 3 amide bonds. The largest absolute Gasteiger partial charge is 0.462 e. The number of aromatic nitrogens is 1. The van der Waals surface area contributed by atoms with Gasteiger partial charge in [-0.05, 0) is 70.0 Å². The van der Waals surface area contributed by atoms with Crippen LogP contribution in [0.4, 0.5) is 10.5 Å². The van der Waals surface area contributed by atoms with E-state index in [0.29, 0.717) is 24.2 Å². The van der Waals surface area contributed by atoms with E-state index >= 15 is 0 Å². The maximum atomic E-state index is 13.8. The Balaban J connectivity index is 1.29. The number of hydrogen-bond acceptors (Lipinski definition) is 7. The molecule has 43 heavy (non-hydrogen) atoms. The number of ether oxygens (including phenoxy) is 3. The van der Waals surface area contributed by atoms with E-state index in [9.17, 15) is 19.2 Å². The van der Waals surface area contributed by atoms with Crippen LogP contribution in [0.3, 0.4) is 0 Å². The molecular weight excluding hydrogens is 552 g/mol. The fraction of sp³-hybridized carbons (Fsp3) is 0.438. The van der Waals surface area contributed by atoms with Gasteiger partial charge in [0.15, 0.2) is 0 Å². The van der Waals surface area contributed by atoms with Crippen molar-refractivity contribution >= 4 is 40.5 Å². The van der Waals surface area contributed by atoms with Gasteiger partial charge in [0, 0.05) is 35.9 Å². The molecule has 2 aromatic carbocycles. The molecule has 3 heterocycles. The van der Waals surface area contributed by atoms with Crippen molar-refractivity contribution in [1.82, 2.24) is 14.8 Å². The molecule has 0 aliphatic carbocycles. The smallest absolute Gasteiger partial charge is 0.410 e. The Bertz CT molecular complexity index is 1490. The number of H-pyrrole nitrogens is 1. The summed E-state index contributed by atoms with van der Waals surface area (Å²) in [6, 6.07) is 14.0. The highest BCUT2D eigenvalue weighted by Crippen LogP contribution is 2.30. The van der Waals surface area contributed by atoms with Gasteiger partial charge in [-0.1, -0.05) is 18.2 Å². The highest BCUT2D eigenvalue weighted by Gasteiger charge is 2.49. The van der Waals surface area contributed by atoms with Crippen molar-refractivity contribution in [3.8, 4) is 0 Å². The number of benzene rings is 2. The number of rotatable bonds is 8. The van der Waals surface area contributed by atoms with Crippen LogP contribution in [0, 0.1) is 0 Å². The first-order valence-electron chi connectivity index (χ1n) is 14.6. The molecule has 2 N–H and O–H groups in total. The maximum Gasteiger partial charge on any atom is 0.410 e. The summed E-state index contributed by atoms with van der Waals surface area (Å²) in [6.45, 7) is 8.35. The molecule has 3 unspecified atom stereocenters. The van der Waals surface area contributed by atoms with Gasteiger partial charge in [-0.15, -0.1) is 0 Å². The molecule has 2 fully saturated rings. The quantitative estimate of drug-likeness (QED) is 0.377. The second-order valence-corrected chi connectivity index (χ2v) is 11.8. The Morgan fingerprint density at radius 1 is 1.07 bits per heavy atom. The van der Waals surface area contributed by atoms with E-state index in [-0.39, 0.29) is 38.1 Å². The number of para-hydroxylation sites is 1. The highest BCUT2D eigenvalue weighted by molar-refractivity contribution is 5.96. The van der Waals surface area contributed by atoms with Crippen LogP contribution in [0.2, 0.25) is 0 Å². The molecule has 2 saturated heterocycles. The van der Waals surface area contributed by atoms with Crippen molar-refractivity contribution in [2.24, 2.45) is 0 Å². The van der Waals surface area contributed by atoms with Gasteiger partial charge in [0.2, 0.25) is 5.91 Å². The summed E-state index contributed by atoms with van der Waals surface area (Å²) in [5.74, 6) is -1.14. The number of carbonyl (C=O) groups is 4. The van der Waals surface area contributed by atoms with Gasteiger partial charge >= 0.3 is 12.1 Å². The number of nitrogens with zero attached hydrogens (tertiary/aromatic N) is 2. The van der Waals surface area contributed by atoms with E-state index in [0.717, 1.165) is 16.5 Å². The minimum Gasteiger partial charge on any atom is -0.462 e. The third kappa shape index (κ3) is 6.99. The van der Waals surface area contributed by atoms with Crippen LogP contribution in [0.5, 0.6) is 0 Å². The van der Waals surface area contributed by atoms with Gasteiger partial charge in [0.05, 0.1) is 37.3 Å². The second kappa shape index (κ2) is 12.5. The van der Waals surface area contributed by atoms with Crippen molar-refractivity contribution in [2.75, 3.05) is 31.6 Å². The van der Waals surface area contributed by atoms with Crippen molar-refractivity contribution in [3.63, 3.8) is 0 Å². The molecule has 0 spiro atoms. The average Bonchev–Trinajstić information content (AvgIpc) is 3.57. The number of aromatic amines is 1. The molecule has 0 saturated carbocycles. The lowest BCUT2D eigenvalue weighted by Gasteiger charge is -2.40. The third-order valence-corrected chi connectivity index (χ3v) is 7.53. The van der Waals surface area contributed by atoms with Crippen LogP contribution in [0.15, 0.2) is 54.7 Å². The van der Waals surface area contributed by atoms with Crippen molar-refractivity contribution in [1.29, 1.82) is 0 Å². The number of morpholine rings is 1. The number of fused-ring (bicyclic) bond motifs is 2.